The number of halogens is 1. The number of amides is 2. The first-order chi connectivity index (χ1) is 11.4. The molecule has 1 aromatic carbocycles. The molecule has 0 bridgehead atoms. The van der Waals surface area contributed by atoms with Gasteiger partial charge in [0.25, 0.3) is 0 Å². The Kier molecular flexibility index (Phi) is 7.67. The van der Waals surface area contributed by atoms with Gasteiger partial charge in [0.15, 0.2) is 0 Å². The van der Waals surface area contributed by atoms with Gasteiger partial charge in [-0.1, -0.05) is 26.0 Å². The first-order valence-electron chi connectivity index (χ1n) is 7.40. The SMILES string of the molecule is CC(C)[C@H](NC(=O)O)C(=O)NC(C=O)Cc1ccc(OCF)cc1. The summed E-state index contributed by atoms with van der Waals surface area (Å²) in [7, 11) is 0. The van der Waals surface area contributed by atoms with Crippen molar-refractivity contribution >= 4 is 18.3 Å². The Morgan fingerprint density at radius 3 is 2.33 bits per heavy atom. The van der Waals surface area contributed by atoms with Crippen molar-refractivity contribution in [2.45, 2.75) is 32.4 Å². The molecule has 0 aliphatic carbocycles. The Bertz CT molecular complexity index is 562. The number of nitrogens with one attached hydrogen (secondary N) is 2. The number of carbonyl (C=O) groups is 3. The molecule has 0 aliphatic heterocycles. The molecule has 0 heterocycles. The molecule has 0 radical (unpaired) electrons. The van der Waals surface area contributed by atoms with E-state index in [1.807, 2.05) is 0 Å². The number of carboxylic acid groups (broad SMARTS) is 1. The Morgan fingerprint density at radius 2 is 1.88 bits per heavy atom. The quantitative estimate of drug-likeness (QED) is 0.591. The van der Waals surface area contributed by atoms with E-state index in [0.29, 0.717) is 12.0 Å². The van der Waals surface area contributed by atoms with Gasteiger partial charge in [-0.25, -0.2) is 9.18 Å². The molecule has 0 aromatic heterocycles. The number of hydrogen-bond donors (Lipinski definition) is 3. The van der Waals surface area contributed by atoms with E-state index in [0.717, 1.165) is 5.56 Å². The summed E-state index contributed by atoms with van der Waals surface area (Å²) in [4.78, 5) is 34.1. The third-order valence-corrected chi connectivity index (χ3v) is 3.32. The fraction of sp³-hybridized carbons (Fsp3) is 0.438. The molecule has 0 fully saturated rings. The summed E-state index contributed by atoms with van der Waals surface area (Å²) in [5, 5.41) is 13.4. The van der Waals surface area contributed by atoms with Crippen LogP contribution in [0.3, 0.4) is 0 Å². The summed E-state index contributed by atoms with van der Waals surface area (Å²) < 4.78 is 16.7. The minimum absolute atomic E-state index is 0.225. The Labute approximate surface area is 139 Å². The highest BCUT2D eigenvalue weighted by Crippen LogP contribution is 2.13. The van der Waals surface area contributed by atoms with Gasteiger partial charge >= 0.3 is 6.09 Å². The third kappa shape index (κ3) is 6.23. The first-order valence-corrected chi connectivity index (χ1v) is 7.40. The van der Waals surface area contributed by atoms with Gasteiger partial charge in [-0.15, -0.1) is 0 Å². The second kappa shape index (κ2) is 9.49. The molecule has 2 atom stereocenters. The van der Waals surface area contributed by atoms with E-state index < -0.39 is 30.9 Å². The maximum atomic E-state index is 12.2. The zero-order valence-electron chi connectivity index (χ0n) is 13.5. The molecule has 0 saturated heterocycles. The molecule has 1 rings (SSSR count). The monoisotopic (exact) mass is 340 g/mol. The van der Waals surface area contributed by atoms with Crippen LogP contribution in [0.4, 0.5) is 9.18 Å². The number of hydrogen-bond acceptors (Lipinski definition) is 4. The van der Waals surface area contributed by atoms with Crippen LogP contribution in [0.2, 0.25) is 0 Å². The van der Waals surface area contributed by atoms with E-state index in [9.17, 15) is 18.8 Å². The van der Waals surface area contributed by atoms with Crippen LogP contribution in [0.25, 0.3) is 0 Å². The number of rotatable bonds is 9. The van der Waals surface area contributed by atoms with Crippen molar-refractivity contribution in [3.05, 3.63) is 29.8 Å². The standard InChI is InChI=1S/C16H21FN2O5/c1-10(2)14(19-16(22)23)15(21)18-12(8-20)7-11-3-5-13(6-4-11)24-9-17/h3-6,8,10,12,14,19H,7,9H2,1-2H3,(H,18,21)(H,22,23)/t12?,14-/m0/s1. The summed E-state index contributed by atoms with van der Waals surface area (Å²) >= 11 is 0. The second-order valence-corrected chi connectivity index (χ2v) is 5.52. The molecule has 3 N–H and O–H groups in total. The van der Waals surface area contributed by atoms with Gasteiger partial charge in [0, 0.05) is 0 Å². The maximum absolute atomic E-state index is 12.2. The molecule has 0 spiro atoms. The van der Waals surface area contributed by atoms with Crippen LogP contribution in [-0.2, 0) is 16.0 Å². The largest absolute Gasteiger partial charge is 0.465 e. The molecule has 132 valence electrons. The maximum Gasteiger partial charge on any atom is 0.405 e. The van der Waals surface area contributed by atoms with E-state index in [-0.39, 0.29) is 12.3 Å². The summed E-state index contributed by atoms with van der Waals surface area (Å²) in [6.45, 7) is 2.46. The van der Waals surface area contributed by atoms with E-state index >= 15 is 0 Å². The van der Waals surface area contributed by atoms with Crippen molar-refractivity contribution in [2.24, 2.45) is 5.92 Å². The van der Waals surface area contributed by atoms with Gasteiger partial charge in [-0.3, -0.25) is 4.79 Å². The third-order valence-electron chi connectivity index (χ3n) is 3.32. The van der Waals surface area contributed by atoms with Gasteiger partial charge in [0.05, 0.1) is 6.04 Å². The molecule has 1 aromatic rings. The average molecular weight is 340 g/mol. The number of carbonyl (C=O) groups excluding carboxylic acids is 2. The topological polar surface area (TPSA) is 105 Å². The smallest absolute Gasteiger partial charge is 0.405 e. The van der Waals surface area contributed by atoms with Gasteiger partial charge in [0.2, 0.25) is 12.8 Å². The predicted octanol–water partition coefficient (Wildman–Crippen LogP) is 1.51. The molecular formula is C16H21FN2O5. The minimum atomic E-state index is -1.31. The Hall–Kier alpha value is -2.64. The lowest BCUT2D eigenvalue weighted by molar-refractivity contribution is -0.126. The van der Waals surface area contributed by atoms with Crippen LogP contribution in [0.15, 0.2) is 24.3 Å². The van der Waals surface area contributed by atoms with Crippen molar-refractivity contribution in [3.8, 4) is 5.75 Å². The molecule has 1 unspecified atom stereocenters. The van der Waals surface area contributed by atoms with Crippen LogP contribution in [-0.4, -0.2) is 42.3 Å². The average Bonchev–Trinajstić information content (AvgIpc) is 2.53. The van der Waals surface area contributed by atoms with Gasteiger partial charge < -0.3 is 25.3 Å². The zero-order chi connectivity index (χ0) is 18.1. The van der Waals surface area contributed by atoms with Crippen molar-refractivity contribution in [2.75, 3.05) is 6.86 Å². The lowest BCUT2D eigenvalue weighted by Crippen LogP contribution is -2.52. The van der Waals surface area contributed by atoms with Gasteiger partial charge in [-0.2, -0.15) is 0 Å². The van der Waals surface area contributed by atoms with Gasteiger partial charge in [0.1, 0.15) is 18.1 Å². The summed E-state index contributed by atoms with van der Waals surface area (Å²) in [6.07, 6.45) is -0.500. The summed E-state index contributed by atoms with van der Waals surface area (Å²) in [6, 6.07) is 4.67. The van der Waals surface area contributed by atoms with Crippen molar-refractivity contribution in [1.82, 2.24) is 10.6 Å². The predicted molar refractivity (Wildman–Crippen MR) is 84.5 cm³/mol. The number of ether oxygens (including phenoxy) is 1. The lowest BCUT2D eigenvalue weighted by atomic mass is 10.0. The highest BCUT2D eigenvalue weighted by molar-refractivity contribution is 5.87. The van der Waals surface area contributed by atoms with Crippen LogP contribution < -0.4 is 15.4 Å². The molecule has 7 nitrogen and oxygen atoms in total. The van der Waals surface area contributed by atoms with Crippen LogP contribution in [0, 0.1) is 5.92 Å². The normalized spacial score (nSPS) is 13.0. The highest BCUT2D eigenvalue weighted by atomic mass is 19.1. The second-order valence-electron chi connectivity index (χ2n) is 5.52. The molecule has 8 heteroatoms. The van der Waals surface area contributed by atoms with E-state index in [4.69, 9.17) is 5.11 Å². The molecule has 24 heavy (non-hydrogen) atoms. The minimum Gasteiger partial charge on any atom is -0.465 e. The van der Waals surface area contributed by atoms with Crippen molar-refractivity contribution in [3.63, 3.8) is 0 Å². The number of aldehydes is 1. The highest BCUT2D eigenvalue weighted by Gasteiger charge is 2.26. The van der Waals surface area contributed by atoms with E-state index in [1.165, 1.54) is 0 Å². The van der Waals surface area contributed by atoms with Crippen LogP contribution in [0.5, 0.6) is 5.75 Å². The molecular weight excluding hydrogens is 319 g/mol. The van der Waals surface area contributed by atoms with Gasteiger partial charge in [-0.05, 0) is 30.0 Å². The van der Waals surface area contributed by atoms with Crippen molar-refractivity contribution < 1.29 is 28.6 Å². The van der Waals surface area contributed by atoms with Crippen LogP contribution in [0.1, 0.15) is 19.4 Å². The van der Waals surface area contributed by atoms with E-state index in [2.05, 4.69) is 15.4 Å². The number of alkyl halides is 1. The summed E-state index contributed by atoms with van der Waals surface area (Å²) in [5.74, 6) is -0.481. The molecule has 2 amide bonds. The van der Waals surface area contributed by atoms with Crippen molar-refractivity contribution in [1.29, 1.82) is 0 Å². The number of benzene rings is 1. The zero-order valence-corrected chi connectivity index (χ0v) is 13.5. The Morgan fingerprint density at radius 1 is 1.25 bits per heavy atom. The molecule has 0 aliphatic rings. The Balaban J connectivity index is 2.70. The van der Waals surface area contributed by atoms with E-state index in [1.54, 1.807) is 38.1 Å². The fourth-order valence-corrected chi connectivity index (χ4v) is 2.11. The summed E-state index contributed by atoms with van der Waals surface area (Å²) in [5.41, 5.74) is 0.742. The first kappa shape index (κ1) is 19.4. The lowest BCUT2D eigenvalue weighted by Gasteiger charge is -2.22. The fourth-order valence-electron chi connectivity index (χ4n) is 2.11. The van der Waals surface area contributed by atoms with Crippen LogP contribution >= 0.6 is 0 Å². The molecule has 0 saturated carbocycles.